The molecule has 0 amide bonds. The van der Waals surface area contributed by atoms with Crippen molar-refractivity contribution in [2.45, 2.75) is 57.2 Å². The molecule has 1 spiro atoms. The zero-order valence-corrected chi connectivity index (χ0v) is 32.5. The maximum absolute atomic E-state index is 6.55. The van der Waals surface area contributed by atoms with Crippen LogP contribution in [-0.4, -0.2) is 8.07 Å². The predicted octanol–water partition coefficient (Wildman–Crippen LogP) is 13.7. The van der Waals surface area contributed by atoms with Crippen LogP contribution in [0, 0.1) is 23.7 Å². The molecule has 4 bridgehead atoms. The van der Waals surface area contributed by atoms with Crippen molar-refractivity contribution in [1.82, 2.24) is 0 Å². The van der Waals surface area contributed by atoms with E-state index in [4.69, 9.17) is 4.42 Å². The molecular formula is C49H43NOSSi. The van der Waals surface area contributed by atoms with Crippen LogP contribution in [0.5, 0.6) is 0 Å². The fourth-order valence-corrected chi connectivity index (χ4v) is 14.4. The number of hydrogen-bond acceptors (Lipinski definition) is 3. The molecule has 0 N–H and O–H groups in total. The third-order valence-electron chi connectivity index (χ3n) is 14.0. The highest BCUT2D eigenvalue weighted by Gasteiger charge is 2.61. The Bertz CT molecular complexity index is 2670. The Morgan fingerprint density at radius 2 is 1.26 bits per heavy atom. The van der Waals surface area contributed by atoms with E-state index in [1.807, 2.05) is 11.3 Å². The molecule has 0 saturated heterocycles. The third kappa shape index (κ3) is 4.14. The van der Waals surface area contributed by atoms with Gasteiger partial charge in [-0.1, -0.05) is 97.6 Å². The van der Waals surface area contributed by atoms with Crippen LogP contribution in [0.25, 0.3) is 53.2 Å². The van der Waals surface area contributed by atoms with Gasteiger partial charge in [0.05, 0.1) is 24.8 Å². The standard InChI is InChI=1S/C49H43NOSSi/c1-53(2,3)34-19-21-39-38(28-34)35-20-18-33(27-40(35)49(39)31-23-29-22-30(25-31)26-32(49)24-29)50(41-12-8-15-44-47(41)36-10-4-6-14-43(36)51-44)42-13-9-17-46-48(42)37-11-5-7-16-45(37)52-46/h4-21,27-32H,22-26H2,1-3H3. The first kappa shape index (κ1) is 30.8. The summed E-state index contributed by atoms with van der Waals surface area (Å²) in [6, 6.07) is 46.4. The van der Waals surface area contributed by atoms with Crippen LogP contribution >= 0.6 is 11.3 Å². The predicted molar refractivity (Wildman–Crippen MR) is 228 cm³/mol. The molecule has 2 aromatic heterocycles. The molecule has 0 aliphatic heterocycles. The van der Waals surface area contributed by atoms with Crippen LogP contribution in [0.15, 0.2) is 126 Å². The topological polar surface area (TPSA) is 16.4 Å². The van der Waals surface area contributed by atoms with E-state index in [1.54, 1.807) is 16.3 Å². The lowest BCUT2D eigenvalue weighted by molar-refractivity contribution is -0.0399. The minimum Gasteiger partial charge on any atom is -0.456 e. The number of nitrogens with zero attached hydrogens (tertiary/aromatic N) is 1. The van der Waals surface area contributed by atoms with Crippen molar-refractivity contribution in [2.75, 3.05) is 4.90 Å². The Morgan fingerprint density at radius 1 is 0.585 bits per heavy atom. The van der Waals surface area contributed by atoms with Crippen molar-refractivity contribution in [2.24, 2.45) is 23.7 Å². The van der Waals surface area contributed by atoms with E-state index in [0.717, 1.165) is 28.4 Å². The molecule has 5 aliphatic rings. The second kappa shape index (κ2) is 10.7. The van der Waals surface area contributed by atoms with Gasteiger partial charge in [0, 0.05) is 36.7 Å². The monoisotopic (exact) mass is 721 g/mol. The normalized spacial score (nSPS) is 24.2. The van der Waals surface area contributed by atoms with Gasteiger partial charge in [-0.15, -0.1) is 11.3 Å². The fraction of sp³-hybridized carbons (Fsp3) is 0.265. The van der Waals surface area contributed by atoms with Gasteiger partial charge >= 0.3 is 0 Å². The maximum atomic E-state index is 6.55. The highest BCUT2D eigenvalue weighted by molar-refractivity contribution is 7.26. The van der Waals surface area contributed by atoms with Gasteiger partial charge in [-0.2, -0.15) is 0 Å². The van der Waals surface area contributed by atoms with Crippen LogP contribution in [-0.2, 0) is 5.41 Å². The van der Waals surface area contributed by atoms with E-state index in [2.05, 4.69) is 146 Å². The summed E-state index contributed by atoms with van der Waals surface area (Å²) < 4.78 is 9.20. The molecule has 6 aromatic carbocycles. The van der Waals surface area contributed by atoms with Gasteiger partial charge in [0.1, 0.15) is 11.2 Å². The van der Waals surface area contributed by atoms with Crippen LogP contribution in [0.3, 0.4) is 0 Å². The smallest absolute Gasteiger partial charge is 0.137 e. The number of hydrogen-bond donors (Lipinski definition) is 0. The quantitative estimate of drug-likeness (QED) is 0.168. The maximum Gasteiger partial charge on any atom is 0.137 e. The number of fused-ring (bicyclic) bond motifs is 9. The number of anilines is 3. The zero-order valence-electron chi connectivity index (χ0n) is 30.7. The summed E-state index contributed by atoms with van der Waals surface area (Å²) in [4.78, 5) is 2.59. The summed E-state index contributed by atoms with van der Waals surface area (Å²) in [6.07, 6.45) is 7.00. The first-order chi connectivity index (χ1) is 25.9. The van der Waals surface area contributed by atoms with Gasteiger partial charge in [0.25, 0.3) is 0 Å². The molecule has 5 aliphatic carbocycles. The molecule has 4 heteroatoms. The summed E-state index contributed by atoms with van der Waals surface area (Å²) >= 11 is 1.90. The largest absolute Gasteiger partial charge is 0.456 e. The van der Waals surface area contributed by atoms with Crippen molar-refractivity contribution in [3.05, 3.63) is 132 Å². The van der Waals surface area contributed by atoms with Crippen LogP contribution in [0.1, 0.15) is 43.2 Å². The van der Waals surface area contributed by atoms with Gasteiger partial charge in [-0.3, -0.25) is 0 Å². The Hall–Kier alpha value is -4.64. The first-order valence-corrected chi connectivity index (χ1v) is 24.1. The van der Waals surface area contributed by atoms with Crippen molar-refractivity contribution >= 4 is 83.8 Å². The second-order valence-electron chi connectivity index (χ2n) is 17.7. The number of rotatable bonds is 4. The third-order valence-corrected chi connectivity index (χ3v) is 17.2. The number of furan rings is 1. The summed E-state index contributed by atoms with van der Waals surface area (Å²) in [6.45, 7) is 7.50. The molecule has 13 rings (SSSR count). The summed E-state index contributed by atoms with van der Waals surface area (Å²) in [7, 11) is -1.51. The molecule has 4 fully saturated rings. The van der Waals surface area contributed by atoms with E-state index in [1.165, 1.54) is 85.9 Å². The van der Waals surface area contributed by atoms with E-state index in [0.29, 0.717) is 11.8 Å². The zero-order chi connectivity index (χ0) is 35.2. The second-order valence-corrected chi connectivity index (χ2v) is 23.9. The van der Waals surface area contributed by atoms with Gasteiger partial charge < -0.3 is 9.32 Å². The molecule has 8 aromatic rings. The van der Waals surface area contributed by atoms with E-state index < -0.39 is 8.07 Å². The van der Waals surface area contributed by atoms with Crippen molar-refractivity contribution in [3.63, 3.8) is 0 Å². The van der Waals surface area contributed by atoms with E-state index in [9.17, 15) is 0 Å². The van der Waals surface area contributed by atoms with E-state index in [-0.39, 0.29) is 5.41 Å². The highest BCUT2D eigenvalue weighted by Crippen LogP contribution is 2.69. The van der Waals surface area contributed by atoms with Gasteiger partial charge in [0.15, 0.2) is 0 Å². The van der Waals surface area contributed by atoms with Crippen molar-refractivity contribution in [3.8, 4) is 11.1 Å². The van der Waals surface area contributed by atoms with Crippen molar-refractivity contribution in [1.29, 1.82) is 0 Å². The van der Waals surface area contributed by atoms with Crippen LogP contribution < -0.4 is 10.1 Å². The summed E-state index contributed by atoms with van der Waals surface area (Å²) in [5, 5.41) is 6.55. The van der Waals surface area contributed by atoms with Gasteiger partial charge in [-0.05, 0) is 127 Å². The molecule has 0 unspecified atom stereocenters. The molecule has 2 heterocycles. The van der Waals surface area contributed by atoms with Gasteiger partial charge in [-0.25, -0.2) is 0 Å². The Labute approximate surface area is 316 Å². The fourth-order valence-electron chi connectivity index (χ4n) is 12.1. The first-order valence-electron chi connectivity index (χ1n) is 19.8. The van der Waals surface area contributed by atoms with E-state index >= 15 is 0 Å². The minimum absolute atomic E-state index is 0.0904. The molecule has 4 saturated carbocycles. The molecule has 0 atom stereocenters. The summed E-state index contributed by atoms with van der Waals surface area (Å²) in [5.74, 6) is 3.25. The SMILES string of the molecule is C[Si](C)(C)c1ccc2c(c1)-c1ccc(N(c3cccc4oc5ccccc5c34)c3cccc4sc5ccccc5c34)cc1C21C2CC3CC(C2)CC1C3. The lowest BCUT2D eigenvalue weighted by Crippen LogP contribution is -2.55. The minimum atomic E-state index is -1.51. The molecule has 2 nitrogen and oxygen atoms in total. The lowest BCUT2D eigenvalue weighted by atomic mass is 9.43. The molecular weight excluding hydrogens is 679 g/mol. The summed E-state index contributed by atoms with van der Waals surface area (Å²) in [5.41, 5.74) is 11.9. The number of thiophene rings is 1. The number of para-hydroxylation sites is 1. The Kier molecular flexibility index (Phi) is 6.24. The average Bonchev–Trinajstić information content (AvgIpc) is 3.82. The molecule has 53 heavy (non-hydrogen) atoms. The van der Waals surface area contributed by atoms with Crippen LogP contribution in [0.4, 0.5) is 17.1 Å². The van der Waals surface area contributed by atoms with Crippen LogP contribution in [0.2, 0.25) is 19.6 Å². The van der Waals surface area contributed by atoms with Crippen molar-refractivity contribution < 1.29 is 4.42 Å². The highest BCUT2D eigenvalue weighted by atomic mass is 32.1. The lowest BCUT2D eigenvalue weighted by Gasteiger charge is -2.61. The molecule has 0 radical (unpaired) electrons. The average molecular weight is 722 g/mol. The molecule has 260 valence electrons. The Balaban J connectivity index is 1.17. The van der Waals surface area contributed by atoms with Gasteiger partial charge in [0.2, 0.25) is 0 Å². The number of benzene rings is 6. The Morgan fingerprint density at radius 3 is 2.06 bits per heavy atom.